The number of ether oxygens (including phenoxy) is 1. The predicted octanol–water partition coefficient (Wildman–Crippen LogP) is 6.61. The van der Waals surface area contributed by atoms with E-state index in [-0.39, 0.29) is 25.1 Å². The molecule has 0 aromatic heterocycles. The van der Waals surface area contributed by atoms with Gasteiger partial charge in [0.2, 0.25) is 0 Å². The van der Waals surface area contributed by atoms with Crippen LogP contribution in [0.3, 0.4) is 0 Å². The topological polar surface area (TPSA) is 38.3 Å². The number of rotatable bonds is 3. The van der Waals surface area contributed by atoms with E-state index in [0.29, 0.717) is 12.1 Å². The van der Waals surface area contributed by atoms with Crippen LogP contribution < -0.4 is 5.32 Å². The molecule has 9 heteroatoms. The molecule has 3 aromatic carbocycles. The van der Waals surface area contributed by atoms with Gasteiger partial charge >= 0.3 is 18.4 Å². The molecule has 0 heterocycles. The predicted molar refractivity (Wildman–Crippen MR) is 116 cm³/mol. The third kappa shape index (κ3) is 5.43. The van der Waals surface area contributed by atoms with E-state index in [9.17, 15) is 31.1 Å². The first-order chi connectivity index (χ1) is 16.5. The van der Waals surface area contributed by atoms with Crippen LogP contribution in [0.5, 0.6) is 0 Å². The molecule has 4 rings (SSSR count). The van der Waals surface area contributed by atoms with Gasteiger partial charge in [-0.2, -0.15) is 26.3 Å². The summed E-state index contributed by atoms with van der Waals surface area (Å²) in [4.78, 5) is 12.1. The second-order valence-electron chi connectivity index (χ2n) is 7.78. The SMILES string of the molecule is O=C(NCC#Cc1cc(C(F)(F)F)cc(C(F)(F)F)c1)OCC1c2ccccc2-c2ccccc21. The Labute approximate surface area is 196 Å². The van der Waals surface area contributed by atoms with Crippen molar-refractivity contribution in [2.75, 3.05) is 13.2 Å². The van der Waals surface area contributed by atoms with Crippen LogP contribution in [0, 0.1) is 11.8 Å². The molecule has 0 bridgehead atoms. The number of halogens is 6. The van der Waals surface area contributed by atoms with Gasteiger partial charge in [-0.15, -0.1) is 0 Å². The van der Waals surface area contributed by atoms with Crippen molar-refractivity contribution in [3.63, 3.8) is 0 Å². The molecule has 1 aliphatic carbocycles. The molecule has 180 valence electrons. The maximum Gasteiger partial charge on any atom is 0.416 e. The molecule has 0 spiro atoms. The highest BCUT2D eigenvalue weighted by Crippen LogP contribution is 2.44. The summed E-state index contributed by atoms with van der Waals surface area (Å²) in [5.74, 6) is 4.42. The molecule has 1 aliphatic rings. The van der Waals surface area contributed by atoms with Crippen molar-refractivity contribution in [2.45, 2.75) is 18.3 Å². The van der Waals surface area contributed by atoms with Crippen molar-refractivity contribution >= 4 is 6.09 Å². The number of carbonyl (C=O) groups excluding carboxylic acids is 1. The maximum atomic E-state index is 12.9. The number of carbonyl (C=O) groups is 1. The number of alkyl halides is 6. The number of amides is 1. The summed E-state index contributed by atoms with van der Waals surface area (Å²) < 4.78 is 82.9. The molecular weight excluding hydrogens is 472 g/mol. The van der Waals surface area contributed by atoms with Crippen LogP contribution in [0.4, 0.5) is 31.1 Å². The van der Waals surface area contributed by atoms with Crippen LogP contribution in [-0.4, -0.2) is 19.2 Å². The molecule has 3 nitrogen and oxygen atoms in total. The van der Waals surface area contributed by atoms with Crippen molar-refractivity contribution in [2.24, 2.45) is 0 Å². The van der Waals surface area contributed by atoms with Crippen LogP contribution in [0.1, 0.15) is 33.7 Å². The Bertz CT molecular complexity index is 1240. The van der Waals surface area contributed by atoms with Crippen molar-refractivity contribution < 1.29 is 35.9 Å². The smallest absolute Gasteiger partial charge is 0.416 e. The highest BCUT2D eigenvalue weighted by molar-refractivity contribution is 5.79. The molecule has 0 saturated carbocycles. The Kier molecular flexibility index (Phi) is 6.48. The molecule has 0 radical (unpaired) electrons. The number of hydrogen-bond donors (Lipinski definition) is 1. The highest BCUT2D eigenvalue weighted by Gasteiger charge is 2.36. The van der Waals surface area contributed by atoms with E-state index in [1.165, 1.54) is 0 Å². The van der Waals surface area contributed by atoms with E-state index in [1.54, 1.807) is 0 Å². The quantitative estimate of drug-likeness (QED) is 0.332. The van der Waals surface area contributed by atoms with Crippen LogP contribution in [0.2, 0.25) is 0 Å². The Morgan fingerprint density at radius 3 is 1.86 bits per heavy atom. The summed E-state index contributed by atoms with van der Waals surface area (Å²) in [5, 5.41) is 2.34. The third-order valence-corrected chi connectivity index (χ3v) is 5.49. The number of nitrogens with one attached hydrogen (secondary N) is 1. The monoisotopic (exact) mass is 489 g/mol. The fourth-order valence-electron chi connectivity index (χ4n) is 3.94. The van der Waals surface area contributed by atoms with Gasteiger partial charge in [0, 0.05) is 11.5 Å². The number of fused-ring (bicyclic) bond motifs is 3. The minimum absolute atomic E-state index is 0.0279. The molecular formula is C26H17F6NO2. The van der Waals surface area contributed by atoms with E-state index < -0.39 is 35.1 Å². The van der Waals surface area contributed by atoms with Crippen molar-refractivity contribution in [1.29, 1.82) is 0 Å². The molecule has 0 atom stereocenters. The zero-order valence-corrected chi connectivity index (χ0v) is 17.9. The first-order valence-corrected chi connectivity index (χ1v) is 10.4. The highest BCUT2D eigenvalue weighted by atomic mass is 19.4. The average molecular weight is 489 g/mol. The Morgan fingerprint density at radius 2 is 1.34 bits per heavy atom. The van der Waals surface area contributed by atoms with Gasteiger partial charge in [-0.3, -0.25) is 0 Å². The molecule has 1 amide bonds. The summed E-state index contributed by atoms with van der Waals surface area (Å²) in [6.45, 7) is -0.274. The van der Waals surface area contributed by atoms with Gasteiger partial charge in [-0.1, -0.05) is 60.4 Å². The first kappa shape index (κ1) is 24.2. The molecule has 0 unspecified atom stereocenters. The van der Waals surface area contributed by atoms with Gasteiger partial charge in [0.25, 0.3) is 0 Å². The van der Waals surface area contributed by atoms with Gasteiger partial charge in [-0.25, -0.2) is 4.79 Å². The molecule has 35 heavy (non-hydrogen) atoms. The lowest BCUT2D eigenvalue weighted by molar-refractivity contribution is -0.143. The molecule has 3 aromatic rings. The van der Waals surface area contributed by atoms with Gasteiger partial charge in [0.1, 0.15) is 6.61 Å². The minimum Gasteiger partial charge on any atom is -0.449 e. The number of benzene rings is 3. The lowest BCUT2D eigenvalue weighted by Gasteiger charge is -2.14. The summed E-state index contributed by atoms with van der Waals surface area (Å²) >= 11 is 0. The Morgan fingerprint density at radius 1 is 0.829 bits per heavy atom. The summed E-state index contributed by atoms with van der Waals surface area (Å²) in [6, 6.07) is 16.6. The zero-order chi connectivity index (χ0) is 25.2. The van der Waals surface area contributed by atoms with Crippen LogP contribution >= 0.6 is 0 Å². The summed E-state index contributed by atoms with van der Waals surface area (Å²) in [5.41, 5.74) is 0.769. The van der Waals surface area contributed by atoms with Crippen molar-refractivity contribution in [3.05, 3.63) is 94.5 Å². The van der Waals surface area contributed by atoms with Crippen LogP contribution in [-0.2, 0) is 17.1 Å². The molecule has 1 N–H and O–H groups in total. The van der Waals surface area contributed by atoms with Gasteiger partial charge < -0.3 is 10.1 Å². The zero-order valence-electron chi connectivity index (χ0n) is 17.9. The standard InChI is InChI=1S/C26H17F6NO2/c27-25(28,29)17-12-16(13-18(14-17)26(30,31)32)6-5-11-33-24(34)35-15-23-21-9-3-1-7-19(21)20-8-2-4-10-22(20)23/h1-4,7-10,12-14,23H,11,15H2,(H,33,34). The normalized spacial score (nSPS) is 12.9. The van der Waals surface area contributed by atoms with E-state index in [1.807, 2.05) is 48.5 Å². The Balaban J connectivity index is 1.39. The average Bonchev–Trinajstić information content (AvgIpc) is 3.13. The van der Waals surface area contributed by atoms with Crippen LogP contribution in [0.25, 0.3) is 11.1 Å². The van der Waals surface area contributed by atoms with Crippen molar-refractivity contribution in [1.82, 2.24) is 5.32 Å². The van der Waals surface area contributed by atoms with Gasteiger partial charge in [-0.05, 0) is 40.5 Å². The lowest BCUT2D eigenvalue weighted by atomic mass is 9.98. The molecule has 0 aliphatic heterocycles. The number of alkyl carbamates (subject to hydrolysis) is 1. The second-order valence-corrected chi connectivity index (χ2v) is 7.78. The fraction of sp³-hybridized carbons (Fsp3) is 0.192. The van der Waals surface area contributed by atoms with Gasteiger partial charge in [0.15, 0.2) is 0 Å². The summed E-state index contributed by atoms with van der Waals surface area (Å²) in [6.07, 6.45) is -10.7. The number of hydrogen-bond acceptors (Lipinski definition) is 2. The second kappa shape index (κ2) is 9.37. The molecule has 0 fully saturated rings. The van der Waals surface area contributed by atoms with E-state index >= 15 is 0 Å². The van der Waals surface area contributed by atoms with E-state index in [4.69, 9.17) is 4.74 Å². The minimum atomic E-state index is -4.96. The van der Waals surface area contributed by atoms with E-state index in [2.05, 4.69) is 17.2 Å². The van der Waals surface area contributed by atoms with E-state index in [0.717, 1.165) is 22.3 Å². The first-order valence-electron chi connectivity index (χ1n) is 10.4. The lowest BCUT2D eigenvalue weighted by Crippen LogP contribution is -2.26. The fourth-order valence-corrected chi connectivity index (χ4v) is 3.94. The third-order valence-electron chi connectivity index (χ3n) is 5.49. The van der Waals surface area contributed by atoms with Crippen LogP contribution in [0.15, 0.2) is 66.7 Å². The van der Waals surface area contributed by atoms with Crippen molar-refractivity contribution in [3.8, 4) is 23.0 Å². The maximum absolute atomic E-state index is 12.9. The van der Waals surface area contributed by atoms with Gasteiger partial charge in [0.05, 0.1) is 17.7 Å². The Hall–Kier alpha value is -3.93. The summed E-state index contributed by atoms with van der Waals surface area (Å²) in [7, 11) is 0. The largest absolute Gasteiger partial charge is 0.449 e. The molecule has 0 saturated heterocycles.